The zero-order valence-corrected chi connectivity index (χ0v) is 16.1. The molecule has 0 bridgehead atoms. The molecule has 2 aromatic carbocycles. The van der Waals surface area contributed by atoms with Crippen LogP contribution in [-0.2, 0) is 11.8 Å². The van der Waals surface area contributed by atoms with Crippen molar-refractivity contribution < 1.29 is 9.53 Å². The molecule has 0 saturated heterocycles. The number of ether oxygens (including phenoxy) is 1. The van der Waals surface area contributed by atoms with Gasteiger partial charge >= 0.3 is 4.87 Å². The Morgan fingerprint density at radius 2 is 1.96 bits per heavy atom. The number of aryl methyl sites for hydroxylation is 3. The first-order chi connectivity index (χ1) is 12.4. The van der Waals surface area contributed by atoms with Crippen molar-refractivity contribution in [2.24, 2.45) is 7.05 Å². The molecule has 3 aromatic rings. The number of thiazole rings is 1. The van der Waals surface area contributed by atoms with E-state index in [1.807, 2.05) is 51.1 Å². The molecule has 5 nitrogen and oxygen atoms in total. The Hall–Kier alpha value is -2.60. The largest absolute Gasteiger partial charge is 0.481 e. The van der Waals surface area contributed by atoms with Crippen LogP contribution in [0.15, 0.2) is 41.2 Å². The van der Waals surface area contributed by atoms with Crippen LogP contribution in [0.2, 0.25) is 0 Å². The summed E-state index contributed by atoms with van der Waals surface area (Å²) in [4.78, 5) is 24.3. The number of fused-ring (bicyclic) bond motifs is 1. The van der Waals surface area contributed by atoms with E-state index in [2.05, 4.69) is 5.32 Å². The van der Waals surface area contributed by atoms with E-state index < -0.39 is 6.10 Å². The lowest BCUT2D eigenvalue weighted by Crippen LogP contribution is -2.32. The number of amides is 1. The lowest BCUT2D eigenvalue weighted by Gasteiger charge is -2.18. The van der Waals surface area contributed by atoms with Gasteiger partial charge in [0.05, 0.1) is 10.2 Å². The first kappa shape index (κ1) is 18.2. The minimum Gasteiger partial charge on any atom is -0.481 e. The highest BCUT2D eigenvalue weighted by Gasteiger charge is 2.19. The van der Waals surface area contributed by atoms with Gasteiger partial charge in [-0.15, -0.1) is 0 Å². The Balaban J connectivity index is 1.76. The Labute approximate surface area is 156 Å². The van der Waals surface area contributed by atoms with Crippen LogP contribution in [0, 0.1) is 13.8 Å². The molecule has 0 spiro atoms. The van der Waals surface area contributed by atoms with Gasteiger partial charge < -0.3 is 14.6 Å². The maximum Gasteiger partial charge on any atom is 0.307 e. The third-order valence-electron chi connectivity index (χ3n) is 4.48. The monoisotopic (exact) mass is 370 g/mol. The summed E-state index contributed by atoms with van der Waals surface area (Å²) in [6.45, 7) is 5.97. The van der Waals surface area contributed by atoms with Crippen molar-refractivity contribution in [3.63, 3.8) is 0 Å². The smallest absolute Gasteiger partial charge is 0.307 e. The number of benzene rings is 2. The summed E-state index contributed by atoms with van der Waals surface area (Å²) in [5.41, 5.74) is 3.83. The fourth-order valence-electron chi connectivity index (χ4n) is 2.71. The first-order valence-electron chi connectivity index (χ1n) is 8.53. The van der Waals surface area contributed by atoms with E-state index in [1.165, 1.54) is 5.56 Å². The van der Waals surface area contributed by atoms with Gasteiger partial charge in [0.15, 0.2) is 6.10 Å². The molecular formula is C20H22N2O3S. The summed E-state index contributed by atoms with van der Waals surface area (Å²) in [6.07, 6.45) is -0.0260. The number of nitrogens with one attached hydrogen (secondary N) is 1. The second kappa shape index (κ2) is 7.33. The second-order valence-corrected chi connectivity index (χ2v) is 7.35. The van der Waals surface area contributed by atoms with Crippen LogP contribution in [0.25, 0.3) is 10.2 Å². The topological polar surface area (TPSA) is 60.3 Å². The first-order valence-corrected chi connectivity index (χ1v) is 9.35. The third kappa shape index (κ3) is 3.65. The average molecular weight is 370 g/mol. The minimum atomic E-state index is -0.581. The molecule has 0 aliphatic rings. The minimum absolute atomic E-state index is 0.0204. The van der Waals surface area contributed by atoms with Gasteiger partial charge in [0.25, 0.3) is 5.91 Å². The average Bonchev–Trinajstić information content (AvgIpc) is 2.89. The van der Waals surface area contributed by atoms with Crippen LogP contribution < -0.4 is 14.9 Å². The summed E-state index contributed by atoms with van der Waals surface area (Å²) in [6, 6.07) is 11.3. The highest BCUT2D eigenvalue weighted by molar-refractivity contribution is 7.16. The molecule has 6 heteroatoms. The van der Waals surface area contributed by atoms with Gasteiger partial charge in [0, 0.05) is 12.7 Å². The summed E-state index contributed by atoms with van der Waals surface area (Å²) in [5, 5.41) is 2.89. The zero-order chi connectivity index (χ0) is 18.8. The lowest BCUT2D eigenvalue weighted by molar-refractivity contribution is -0.122. The van der Waals surface area contributed by atoms with Gasteiger partial charge in [-0.1, -0.05) is 24.3 Å². The maximum absolute atomic E-state index is 12.6. The van der Waals surface area contributed by atoms with Gasteiger partial charge in [-0.2, -0.15) is 0 Å². The molecule has 0 saturated carbocycles. The molecule has 0 fully saturated rings. The van der Waals surface area contributed by atoms with Crippen LogP contribution in [0.5, 0.6) is 5.75 Å². The van der Waals surface area contributed by atoms with E-state index in [-0.39, 0.29) is 10.8 Å². The number of nitrogens with zero attached hydrogens (tertiary/aromatic N) is 1. The number of hydrogen-bond acceptors (Lipinski definition) is 4. The third-order valence-corrected chi connectivity index (χ3v) is 5.48. The van der Waals surface area contributed by atoms with Crippen molar-refractivity contribution in [3.8, 4) is 5.75 Å². The van der Waals surface area contributed by atoms with Gasteiger partial charge in [-0.3, -0.25) is 9.59 Å². The standard InChI is InChI=1S/C20H22N2O3S/c1-5-17(25-15-8-6-12(2)13(3)10-15)19(23)21-14-7-9-16-18(11-14)26-20(24)22(16)4/h6-11,17H,5H2,1-4H3,(H,21,23)/t17-/m0/s1. The zero-order valence-electron chi connectivity index (χ0n) is 15.3. The van der Waals surface area contributed by atoms with Gasteiger partial charge in [0.1, 0.15) is 5.75 Å². The Morgan fingerprint density at radius 3 is 2.65 bits per heavy atom. The van der Waals surface area contributed by atoms with Gasteiger partial charge in [0.2, 0.25) is 0 Å². The number of aromatic nitrogens is 1. The SMILES string of the molecule is CC[C@H](Oc1ccc(C)c(C)c1)C(=O)Nc1ccc2c(c1)sc(=O)n2C. The summed E-state index contributed by atoms with van der Waals surface area (Å²) in [5.74, 6) is 0.486. The maximum atomic E-state index is 12.6. The number of anilines is 1. The predicted octanol–water partition coefficient (Wildman–Crippen LogP) is 4.01. The second-order valence-electron chi connectivity index (χ2n) is 6.36. The molecule has 0 radical (unpaired) electrons. The van der Waals surface area contributed by atoms with Crippen molar-refractivity contribution in [3.05, 3.63) is 57.2 Å². The molecule has 0 unspecified atom stereocenters. The fraction of sp³-hybridized carbons (Fsp3) is 0.300. The van der Waals surface area contributed by atoms with Crippen LogP contribution in [-0.4, -0.2) is 16.6 Å². The molecule has 1 amide bonds. The summed E-state index contributed by atoms with van der Waals surface area (Å²) < 4.78 is 8.33. The van der Waals surface area contributed by atoms with E-state index >= 15 is 0 Å². The number of rotatable bonds is 5. The predicted molar refractivity (Wildman–Crippen MR) is 106 cm³/mol. The van der Waals surface area contributed by atoms with E-state index in [4.69, 9.17) is 4.74 Å². The van der Waals surface area contributed by atoms with E-state index in [9.17, 15) is 9.59 Å². The van der Waals surface area contributed by atoms with Crippen LogP contribution in [0.1, 0.15) is 24.5 Å². The van der Waals surface area contributed by atoms with Crippen molar-refractivity contribution in [1.29, 1.82) is 0 Å². The Kier molecular flexibility index (Phi) is 5.13. The molecule has 0 aliphatic heterocycles. The van der Waals surface area contributed by atoms with Crippen LogP contribution in [0.4, 0.5) is 5.69 Å². The van der Waals surface area contributed by atoms with Crippen molar-refractivity contribution in [2.75, 3.05) is 5.32 Å². The molecule has 1 aromatic heterocycles. The summed E-state index contributed by atoms with van der Waals surface area (Å²) >= 11 is 1.16. The number of carbonyl (C=O) groups excluding carboxylic acids is 1. The molecule has 26 heavy (non-hydrogen) atoms. The molecule has 3 rings (SSSR count). The normalized spacial score (nSPS) is 12.2. The highest BCUT2D eigenvalue weighted by Crippen LogP contribution is 2.22. The van der Waals surface area contributed by atoms with E-state index in [0.717, 1.165) is 27.1 Å². The molecule has 1 atom stereocenters. The highest BCUT2D eigenvalue weighted by atomic mass is 32.1. The van der Waals surface area contributed by atoms with Gasteiger partial charge in [-0.05, 0) is 61.7 Å². The number of hydrogen-bond donors (Lipinski definition) is 1. The molecular weight excluding hydrogens is 348 g/mol. The Bertz CT molecular complexity index is 1020. The quantitative estimate of drug-likeness (QED) is 0.738. The van der Waals surface area contributed by atoms with E-state index in [0.29, 0.717) is 17.9 Å². The van der Waals surface area contributed by atoms with E-state index in [1.54, 1.807) is 17.7 Å². The molecule has 1 N–H and O–H groups in total. The number of carbonyl (C=O) groups is 1. The Morgan fingerprint density at radius 1 is 1.19 bits per heavy atom. The molecule has 136 valence electrons. The van der Waals surface area contributed by atoms with Crippen LogP contribution in [0.3, 0.4) is 0 Å². The summed E-state index contributed by atoms with van der Waals surface area (Å²) in [7, 11) is 1.74. The molecule has 0 aliphatic carbocycles. The molecule has 1 heterocycles. The lowest BCUT2D eigenvalue weighted by atomic mass is 10.1. The van der Waals surface area contributed by atoms with Gasteiger partial charge in [-0.25, -0.2) is 0 Å². The fourth-order valence-corrected chi connectivity index (χ4v) is 3.63. The van der Waals surface area contributed by atoms with Crippen LogP contribution >= 0.6 is 11.3 Å². The van der Waals surface area contributed by atoms with Crippen molar-refractivity contribution in [1.82, 2.24) is 4.57 Å². The van der Waals surface area contributed by atoms with Crippen molar-refractivity contribution >= 4 is 33.1 Å². The van der Waals surface area contributed by atoms with Crippen molar-refractivity contribution in [2.45, 2.75) is 33.3 Å².